The molecule has 22 heavy (non-hydrogen) atoms. The fourth-order valence-corrected chi connectivity index (χ4v) is 2.34. The smallest absolute Gasteiger partial charge is 0.326 e. The van der Waals surface area contributed by atoms with Crippen LogP contribution in [0.5, 0.6) is 0 Å². The van der Waals surface area contributed by atoms with E-state index in [0.29, 0.717) is 23.9 Å². The second-order valence-corrected chi connectivity index (χ2v) is 6.00. The molecule has 1 aromatic rings. The van der Waals surface area contributed by atoms with Crippen molar-refractivity contribution in [1.29, 1.82) is 0 Å². The summed E-state index contributed by atoms with van der Waals surface area (Å²) in [5.74, 6) is -0.499. The number of anilines is 1. The summed E-state index contributed by atoms with van der Waals surface area (Å²) >= 11 is 1.20. The minimum Gasteiger partial charge on any atom is -0.480 e. The number of ether oxygens (including phenoxy) is 1. The summed E-state index contributed by atoms with van der Waals surface area (Å²) in [4.78, 5) is 30.8. The SMILES string of the molecule is CCOC(=O)CSc1cncc(NC(CC(C)C)C(=O)O)n1. The zero-order valence-corrected chi connectivity index (χ0v) is 13.7. The largest absolute Gasteiger partial charge is 0.480 e. The Kier molecular flexibility index (Phi) is 7.65. The number of esters is 1. The molecular weight excluding hydrogens is 306 g/mol. The van der Waals surface area contributed by atoms with Crippen LogP contribution in [0.1, 0.15) is 27.2 Å². The lowest BCUT2D eigenvalue weighted by molar-refractivity contribution is -0.140. The molecule has 0 saturated heterocycles. The number of hydrogen-bond donors (Lipinski definition) is 2. The average Bonchev–Trinajstić information content (AvgIpc) is 2.44. The molecule has 1 aromatic heterocycles. The number of aromatic nitrogens is 2. The minimum absolute atomic E-state index is 0.139. The molecule has 0 aliphatic rings. The fourth-order valence-electron chi connectivity index (χ4n) is 1.69. The van der Waals surface area contributed by atoms with Crippen LogP contribution in [-0.2, 0) is 14.3 Å². The van der Waals surface area contributed by atoms with E-state index < -0.39 is 12.0 Å². The molecule has 0 spiro atoms. The van der Waals surface area contributed by atoms with Crippen LogP contribution in [-0.4, -0.2) is 45.4 Å². The van der Waals surface area contributed by atoms with Gasteiger partial charge in [-0.15, -0.1) is 0 Å². The molecule has 7 nitrogen and oxygen atoms in total. The molecule has 8 heteroatoms. The van der Waals surface area contributed by atoms with Gasteiger partial charge in [-0.2, -0.15) is 0 Å². The van der Waals surface area contributed by atoms with Crippen molar-refractivity contribution in [3.63, 3.8) is 0 Å². The van der Waals surface area contributed by atoms with E-state index in [9.17, 15) is 14.7 Å². The maximum absolute atomic E-state index is 11.3. The Morgan fingerprint density at radius 1 is 1.41 bits per heavy atom. The Morgan fingerprint density at radius 2 is 2.14 bits per heavy atom. The van der Waals surface area contributed by atoms with Crippen molar-refractivity contribution < 1.29 is 19.4 Å². The van der Waals surface area contributed by atoms with E-state index in [0.717, 1.165) is 0 Å². The molecule has 0 radical (unpaired) electrons. The maximum Gasteiger partial charge on any atom is 0.326 e. The summed E-state index contributed by atoms with van der Waals surface area (Å²) in [6.07, 6.45) is 3.47. The molecule has 0 aromatic carbocycles. The first kappa shape index (κ1) is 18.2. The topological polar surface area (TPSA) is 101 Å². The third-order valence-electron chi connectivity index (χ3n) is 2.58. The van der Waals surface area contributed by atoms with Crippen molar-refractivity contribution in [3.05, 3.63) is 12.4 Å². The molecule has 122 valence electrons. The number of carboxylic acids is 1. The van der Waals surface area contributed by atoms with E-state index in [1.165, 1.54) is 24.2 Å². The van der Waals surface area contributed by atoms with Gasteiger partial charge in [-0.25, -0.2) is 9.78 Å². The molecule has 1 rings (SSSR count). The second-order valence-electron chi connectivity index (χ2n) is 5.00. The van der Waals surface area contributed by atoms with Crippen LogP contribution in [0.2, 0.25) is 0 Å². The van der Waals surface area contributed by atoms with Crippen molar-refractivity contribution in [1.82, 2.24) is 9.97 Å². The van der Waals surface area contributed by atoms with Gasteiger partial charge in [0.2, 0.25) is 0 Å². The van der Waals surface area contributed by atoms with Gasteiger partial charge < -0.3 is 15.2 Å². The Morgan fingerprint density at radius 3 is 2.73 bits per heavy atom. The Bertz CT molecular complexity index is 511. The van der Waals surface area contributed by atoms with Gasteiger partial charge >= 0.3 is 11.9 Å². The lowest BCUT2D eigenvalue weighted by Crippen LogP contribution is -2.31. The molecular formula is C14H21N3O4S. The number of rotatable bonds is 9. The third-order valence-corrected chi connectivity index (χ3v) is 3.46. The first-order chi connectivity index (χ1) is 10.4. The van der Waals surface area contributed by atoms with Gasteiger partial charge in [0.05, 0.1) is 24.8 Å². The molecule has 1 atom stereocenters. The highest BCUT2D eigenvalue weighted by Gasteiger charge is 2.19. The number of nitrogens with one attached hydrogen (secondary N) is 1. The number of thioether (sulfide) groups is 1. The molecule has 0 fully saturated rings. The lowest BCUT2D eigenvalue weighted by Gasteiger charge is -2.17. The van der Waals surface area contributed by atoms with Crippen LogP contribution in [0.3, 0.4) is 0 Å². The number of nitrogens with zero attached hydrogens (tertiary/aromatic N) is 2. The zero-order chi connectivity index (χ0) is 16.5. The van der Waals surface area contributed by atoms with Gasteiger partial charge in [-0.3, -0.25) is 9.78 Å². The van der Waals surface area contributed by atoms with Crippen molar-refractivity contribution in [2.24, 2.45) is 5.92 Å². The first-order valence-corrected chi connectivity index (χ1v) is 8.00. The number of carbonyl (C=O) groups excluding carboxylic acids is 1. The molecule has 0 amide bonds. The monoisotopic (exact) mass is 327 g/mol. The van der Waals surface area contributed by atoms with Gasteiger partial charge in [0, 0.05) is 0 Å². The van der Waals surface area contributed by atoms with Gasteiger partial charge in [-0.05, 0) is 19.3 Å². The molecule has 0 aliphatic carbocycles. The van der Waals surface area contributed by atoms with E-state index in [4.69, 9.17) is 4.74 Å². The molecule has 2 N–H and O–H groups in total. The predicted molar refractivity (Wildman–Crippen MR) is 83.9 cm³/mol. The van der Waals surface area contributed by atoms with E-state index >= 15 is 0 Å². The predicted octanol–water partition coefficient (Wildman–Crippen LogP) is 2.04. The van der Waals surface area contributed by atoms with Crippen LogP contribution >= 0.6 is 11.8 Å². The van der Waals surface area contributed by atoms with E-state index in [-0.39, 0.29) is 17.6 Å². The molecule has 1 heterocycles. The van der Waals surface area contributed by atoms with Gasteiger partial charge in [0.15, 0.2) is 0 Å². The number of hydrogen-bond acceptors (Lipinski definition) is 7. The quantitative estimate of drug-likeness (QED) is 0.525. The van der Waals surface area contributed by atoms with Gasteiger partial charge in [0.1, 0.15) is 16.9 Å². The van der Waals surface area contributed by atoms with Crippen LogP contribution in [0, 0.1) is 5.92 Å². The summed E-state index contributed by atoms with van der Waals surface area (Å²) < 4.78 is 4.83. The van der Waals surface area contributed by atoms with Crippen molar-refractivity contribution in [2.75, 3.05) is 17.7 Å². The van der Waals surface area contributed by atoms with E-state index in [2.05, 4.69) is 15.3 Å². The van der Waals surface area contributed by atoms with Gasteiger partial charge in [0.25, 0.3) is 0 Å². The fraction of sp³-hybridized carbons (Fsp3) is 0.571. The minimum atomic E-state index is -0.930. The second kappa shape index (κ2) is 9.24. The Hall–Kier alpha value is -1.83. The Labute approximate surface area is 133 Å². The highest BCUT2D eigenvalue weighted by atomic mass is 32.2. The van der Waals surface area contributed by atoms with Crippen molar-refractivity contribution in [2.45, 2.75) is 38.3 Å². The van der Waals surface area contributed by atoms with Crippen LogP contribution in [0.15, 0.2) is 17.4 Å². The van der Waals surface area contributed by atoms with Crippen molar-refractivity contribution in [3.8, 4) is 0 Å². The third kappa shape index (κ3) is 6.75. The lowest BCUT2D eigenvalue weighted by atomic mass is 10.0. The van der Waals surface area contributed by atoms with Crippen LogP contribution in [0.4, 0.5) is 5.82 Å². The molecule has 0 aliphatic heterocycles. The van der Waals surface area contributed by atoms with Crippen LogP contribution in [0.25, 0.3) is 0 Å². The maximum atomic E-state index is 11.3. The van der Waals surface area contributed by atoms with Crippen molar-refractivity contribution >= 4 is 29.5 Å². The van der Waals surface area contributed by atoms with E-state index in [1.54, 1.807) is 6.92 Å². The molecule has 1 unspecified atom stereocenters. The summed E-state index contributed by atoms with van der Waals surface area (Å²) in [5.41, 5.74) is 0. The summed E-state index contributed by atoms with van der Waals surface area (Å²) in [6, 6.07) is -0.723. The number of carbonyl (C=O) groups is 2. The van der Waals surface area contributed by atoms with Gasteiger partial charge in [-0.1, -0.05) is 25.6 Å². The average molecular weight is 327 g/mol. The van der Waals surface area contributed by atoms with E-state index in [1.807, 2.05) is 13.8 Å². The Balaban J connectivity index is 2.66. The number of aliphatic carboxylic acids is 1. The first-order valence-electron chi connectivity index (χ1n) is 7.02. The highest BCUT2D eigenvalue weighted by molar-refractivity contribution is 7.99. The highest BCUT2D eigenvalue weighted by Crippen LogP contribution is 2.17. The van der Waals surface area contributed by atoms with Crippen LogP contribution < -0.4 is 5.32 Å². The summed E-state index contributed by atoms with van der Waals surface area (Å²) in [7, 11) is 0. The zero-order valence-electron chi connectivity index (χ0n) is 12.9. The molecule has 0 saturated carbocycles. The summed E-state index contributed by atoms with van der Waals surface area (Å²) in [5, 5.41) is 12.6. The molecule has 0 bridgehead atoms. The normalized spacial score (nSPS) is 12.0. The summed E-state index contributed by atoms with van der Waals surface area (Å²) in [6.45, 7) is 5.99. The standard InChI is InChI=1S/C14H21N3O4S/c1-4-21-13(18)8-22-12-7-15-6-11(17-12)16-10(14(19)20)5-9(2)3/h6-7,9-10H,4-5,8H2,1-3H3,(H,16,17)(H,19,20). The number of carboxylic acid groups (broad SMARTS) is 1.